The molecule has 0 saturated carbocycles. The molecule has 0 bridgehead atoms. The highest BCUT2D eigenvalue weighted by atomic mass is 16.5. The lowest BCUT2D eigenvalue weighted by atomic mass is 10.3. The summed E-state index contributed by atoms with van der Waals surface area (Å²) >= 11 is 0. The third-order valence-electron chi connectivity index (χ3n) is 1.71. The summed E-state index contributed by atoms with van der Waals surface area (Å²) < 4.78 is 10.4. The van der Waals surface area contributed by atoms with Gasteiger partial charge in [-0.2, -0.15) is 0 Å². The average molecular weight is 169 g/mol. The molecule has 0 aliphatic carbocycles. The SMILES string of the molecule is COC1COC/C=C(C)\C=C/N1. The maximum atomic E-state index is 5.32. The van der Waals surface area contributed by atoms with Crippen molar-refractivity contribution in [3.05, 3.63) is 23.9 Å². The number of hydrogen-bond acceptors (Lipinski definition) is 3. The van der Waals surface area contributed by atoms with Crippen LogP contribution in [0, 0.1) is 0 Å². The molecule has 0 fully saturated rings. The van der Waals surface area contributed by atoms with Crippen LogP contribution in [0.3, 0.4) is 0 Å². The van der Waals surface area contributed by atoms with Crippen LogP contribution in [0.15, 0.2) is 23.9 Å². The van der Waals surface area contributed by atoms with E-state index < -0.39 is 0 Å². The zero-order valence-electron chi connectivity index (χ0n) is 7.54. The molecule has 3 nitrogen and oxygen atoms in total. The predicted molar refractivity (Wildman–Crippen MR) is 47.6 cm³/mol. The van der Waals surface area contributed by atoms with E-state index in [9.17, 15) is 0 Å². The zero-order chi connectivity index (χ0) is 8.81. The topological polar surface area (TPSA) is 30.5 Å². The molecule has 0 spiro atoms. The fraction of sp³-hybridized carbons (Fsp3) is 0.556. The number of ether oxygens (including phenoxy) is 2. The monoisotopic (exact) mass is 169 g/mol. The van der Waals surface area contributed by atoms with Crippen molar-refractivity contribution in [2.75, 3.05) is 20.3 Å². The second-order valence-corrected chi connectivity index (χ2v) is 2.71. The molecule has 0 aromatic rings. The molecule has 68 valence electrons. The maximum absolute atomic E-state index is 5.32. The van der Waals surface area contributed by atoms with Crippen LogP contribution in [0.2, 0.25) is 0 Å². The number of allylic oxidation sites excluding steroid dienone is 2. The van der Waals surface area contributed by atoms with Gasteiger partial charge in [-0.1, -0.05) is 11.6 Å². The van der Waals surface area contributed by atoms with Crippen LogP contribution in [0.25, 0.3) is 0 Å². The Labute approximate surface area is 73.1 Å². The summed E-state index contributed by atoms with van der Waals surface area (Å²) in [7, 11) is 1.66. The quantitative estimate of drug-likeness (QED) is 0.636. The van der Waals surface area contributed by atoms with Gasteiger partial charge >= 0.3 is 0 Å². The van der Waals surface area contributed by atoms with Crippen molar-refractivity contribution >= 4 is 0 Å². The van der Waals surface area contributed by atoms with Gasteiger partial charge in [0.1, 0.15) is 0 Å². The minimum absolute atomic E-state index is 0.0412. The maximum Gasteiger partial charge on any atom is 0.150 e. The highest BCUT2D eigenvalue weighted by molar-refractivity contribution is 5.15. The van der Waals surface area contributed by atoms with Crippen molar-refractivity contribution < 1.29 is 9.47 Å². The van der Waals surface area contributed by atoms with Gasteiger partial charge in [0.2, 0.25) is 0 Å². The van der Waals surface area contributed by atoms with E-state index in [4.69, 9.17) is 9.47 Å². The zero-order valence-corrected chi connectivity index (χ0v) is 7.54. The Morgan fingerprint density at radius 1 is 1.67 bits per heavy atom. The Bertz CT molecular complexity index is 187. The molecule has 1 N–H and O–H groups in total. The van der Waals surface area contributed by atoms with Gasteiger partial charge in [-0.3, -0.25) is 0 Å². The van der Waals surface area contributed by atoms with Gasteiger partial charge in [0.05, 0.1) is 13.2 Å². The molecule has 1 heterocycles. The van der Waals surface area contributed by atoms with E-state index in [2.05, 4.69) is 5.32 Å². The van der Waals surface area contributed by atoms with E-state index in [-0.39, 0.29) is 6.23 Å². The van der Waals surface area contributed by atoms with Crippen LogP contribution in [0.1, 0.15) is 6.92 Å². The van der Waals surface area contributed by atoms with Crippen LogP contribution >= 0.6 is 0 Å². The Morgan fingerprint density at radius 3 is 3.25 bits per heavy atom. The Balaban J connectivity index is 2.48. The first-order chi connectivity index (χ1) is 5.83. The largest absolute Gasteiger partial charge is 0.373 e. The number of hydrogen-bond donors (Lipinski definition) is 1. The van der Waals surface area contributed by atoms with E-state index in [1.807, 2.05) is 25.3 Å². The molecule has 1 unspecified atom stereocenters. The second kappa shape index (κ2) is 4.95. The lowest BCUT2D eigenvalue weighted by Gasteiger charge is -2.14. The molecule has 0 aromatic carbocycles. The van der Waals surface area contributed by atoms with Gasteiger partial charge in [-0.25, -0.2) is 0 Å². The third kappa shape index (κ3) is 3.07. The van der Waals surface area contributed by atoms with Gasteiger partial charge in [-0.05, 0) is 19.2 Å². The third-order valence-corrected chi connectivity index (χ3v) is 1.71. The number of rotatable bonds is 1. The molecule has 1 aliphatic heterocycles. The van der Waals surface area contributed by atoms with Gasteiger partial charge in [-0.15, -0.1) is 0 Å². The summed E-state index contributed by atoms with van der Waals surface area (Å²) in [5, 5.41) is 3.07. The molecule has 0 radical (unpaired) electrons. The fourth-order valence-electron chi connectivity index (χ4n) is 0.905. The molecule has 0 amide bonds. The van der Waals surface area contributed by atoms with Crippen molar-refractivity contribution in [2.24, 2.45) is 0 Å². The Morgan fingerprint density at radius 2 is 2.50 bits per heavy atom. The van der Waals surface area contributed by atoms with Crippen molar-refractivity contribution in [1.29, 1.82) is 0 Å². The molecule has 0 aromatic heterocycles. The summed E-state index contributed by atoms with van der Waals surface area (Å²) in [4.78, 5) is 0. The van der Waals surface area contributed by atoms with Gasteiger partial charge in [0.15, 0.2) is 6.23 Å². The first-order valence-electron chi connectivity index (χ1n) is 4.03. The van der Waals surface area contributed by atoms with E-state index >= 15 is 0 Å². The summed E-state index contributed by atoms with van der Waals surface area (Å²) in [6.45, 7) is 3.26. The Hall–Kier alpha value is -0.800. The van der Waals surface area contributed by atoms with Crippen LogP contribution in [0.5, 0.6) is 0 Å². The summed E-state index contributed by atoms with van der Waals surface area (Å²) in [5.74, 6) is 0. The normalized spacial score (nSPS) is 31.8. The minimum Gasteiger partial charge on any atom is -0.373 e. The molecular weight excluding hydrogens is 154 g/mol. The first kappa shape index (κ1) is 9.29. The molecule has 1 aliphatic rings. The van der Waals surface area contributed by atoms with Crippen molar-refractivity contribution in [1.82, 2.24) is 5.32 Å². The van der Waals surface area contributed by atoms with Crippen LogP contribution < -0.4 is 5.32 Å². The summed E-state index contributed by atoms with van der Waals surface area (Å²) in [6.07, 6.45) is 5.88. The van der Waals surface area contributed by atoms with Crippen molar-refractivity contribution in [3.8, 4) is 0 Å². The van der Waals surface area contributed by atoms with E-state index in [0.29, 0.717) is 13.2 Å². The lowest BCUT2D eigenvalue weighted by Crippen LogP contribution is -2.31. The van der Waals surface area contributed by atoms with Crippen LogP contribution in [0.4, 0.5) is 0 Å². The van der Waals surface area contributed by atoms with Crippen LogP contribution in [-0.2, 0) is 9.47 Å². The smallest absolute Gasteiger partial charge is 0.150 e. The second-order valence-electron chi connectivity index (χ2n) is 2.71. The number of methoxy groups -OCH3 is 1. The fourth-order valence-corrected chi connectivity index (χ4v) is 0.905. The molecule has 3 heteroatoms. The van der Waals surface area contributed by atoms with Gasteiger partial charge in [0.25, 0.3) is 0 Å². The molecule has 12 heavy (non-hydrogen) atoms. The lowest BCUT2D eigenvalue weighted by molar-refractivity contribution is 0.00620. The van der Waals surface area contributed by atoms with E-state index in [1.54, 1.807) is 7.11 Å². The minimum atomic E-state index is -0.0412. The summed E-state index contributed by atoms with van der Waals surface area (Å²) in [5.41, 5.74) is 1.19. The highest BCUT2D eigenvalue weighted by Crippen LogP contribution is 1.98. The highest BCUT2D eigenvalue weighted by Gasteiger charge is 2.03. The van der Waals surface area contributed by atoms with E-state index in [1.165, 1.54) is 5.57 Å². The Kier molecular flexibility index (Phi) is 3.84. The van der Waals surface area contributed by atoms with E-state index in [0.717, 1.165) is 0 Å². The molecule has 1 atom stereocenters. The average Bonchev–Trinajstić information content (AvgIpc) is 2.17. The number of nitrogens with one attached hydrogen (secondary N) is 1. The van der Waals surface area contributed by atoms with Gasteiger partial charge in [0, 0.05) is 7.11 Å². The van der Waals surface area contributed by atoms with Crippen LogP contribution in [-0.4, -0.2) is 26.6 Å². The standard InChI is InChI=1S/C9H15NO2/c1-8-3-5-10-9(11-2)7-12-6-4-8/h3-5,9-10H,6-7H2,1-2H3/b5-3-,8-4-. The molecule has 0 saturated heterocycles. The molecule has 1 rings (SSSR count). The van der Waals surface area contributed by atoms with Crippen molar-refractivity contribution in [3.63, 3.8) is 0 Å². The van der Waals surface area contributed by atoms with Gasteiger partial charge < -0.3 is 14.8 Å². The first-order valence-corrected chi connectivity index (χ1v) is 4.03. The molecular formula is C9H15NO2. The summed E-state index contributed by atoms with van der Waals surface area (Å²) in [6, 6.07) is 0. The van der Waals surface area contributed by atoms with Crippen molar-refractivity contribution in [2.45, 2.75) is 13.2 Å². The predicted octanol–water partition coefficient (Wildman–Crippen LogP) is 1.04.